The Balaban J connectivity index is 1.59. The summed E-state index contributed by atoms with van der Waals surface area (Å²) in [6, 6.07) is 19.1. The third-order valence-corrected chi connectivity index (χ3v) is 5.17. The normalized spacial score (nSPS) is 15.4. The zero-order valence-electron chi connectivity index (χ0n) is 16.8. The van der Waals surface area contributed by atoms with Crippen molar-refractivity contribution in [2.75, 3.05) is 5.32 Å². The van der Waals surface area contributed by atoms with E-state index >= 15 is 0 Å². The van der Waals surface area contributed by atoms with Crippen LogP contribution >= 0.6 is 0 Å². The molecule has 4 heteroatoms. The number of aryl methyl sites for hydroxylation is 3. The Morgan fingerprint density at radius 2 is 1.59 bits per heavy atom. The molecule has 0 saturated heterocycles. The summed E-state index contributed by atoms with van der Waals surface area (Å²) in [7, 11) is 0. The number of hydrogen-bond donors (Lipinski definition) is 1. The van der Waals surface area contributed by atoms with Crippen LogP contribution in [0, 0.1) is 20.8 Å². The van der Waals surface area contributed by atoms with Crippen molar-refractivity contribution in [3.05, 3.63) is 99.6 Å². The number of ether oxygens (including phenoxy) is 1. The molecule has 1 atom stereocenters. The summed E-state index contributed by atoms with van der Waals surface area (Å²) in [5.74, 6) is -0.540. The summed E-state index contributed by atoms with van der Waals surface area (Å²) in [5.41, 5.74) is 6.95. The maximum Gasteiger partial charge on any atom is 0.339 e. The van der Waals surface area contributed by atoms with E-state index in [1.807, 2.05) is 57.2 Å². The van der Waals surface area contributed by atoms with Crippen molar-refractivity contribution in [3.8, 4) is 0 Å². The first-order valence-electron chi connectivity index (χ1n) is 9.69. The lowest BCUT2D eigenvalue weighted by Gasteiger charge is -2.25. The fourth-order valence-corrected chi connectivity index (χ4v) is 3.75. The van der Waals surface area contributed by atoms with E-state index in [9.17, 15) is 9.59 Å². The van der Waals surface area contributed by atoms with Gasteiger partial charge in [-0.2, -0.15) is 0 Å². The molecule has 1 unspecified atom stereocenters. The van der Waals surface area contributed by atoms with E-state index in [4.69, 9.17) is 4.74 Å². The largest absolute Gasteiger partial charge is 0.454 e. The molecule has 0 aromatic heterocycles. The molecule has 0 aliphatic carbocycles. The van der Waals surface area contributed by atoms with Gasteiger partial charge < -0.3 is 10.1 Å². The lowest BCUT2D eigenvalue weighted by molar-refractivity contribution is 0.0252. The number of benzene rings is 3. The van der Waals surface area contributed by atoms with Crippen LogP contribution in [0.5, 0.6) is 0 Å². The number of carbonyl (C=O) groups is 2. The van der Waals surface area contributed by atoms with E-state index in [1.54, 1.807) is 18.2 Å². The number of fused-ring (bicyclic) bond motifs is 1. The van der Waals surface area contributed by atoms with E-state index in [-0.39, 0.29) is 18.0 Å². The standard InChI is InChI=1S/C25H23NO3/c1-15-4-6-18(7-5-15)23-14-20-13-19(8-9-22(20)25(28)29-23)24(27)26-21-11-16(2)10-17(3)12-21/h4-13,23H,14H2,1-3H3,(H,26,27). The first kappa shape index (κ1) is 18.9. The second kappa shape index (κ2) is 7.55. The van der Waals surface area contributed by atoms with Crippen LogP contribution in [-0.2, 0) is 11.2 Å². The van der Waals surface area contributed by atoms with Crippen molar-refractivity contribution in [3.63, 3.8) is 0 Å². The third-order valence-electron chi connectivity index (χ3n) is 5.17. The van der Waals surface area contributed by atoms with Crippen molar-refractivity contribution in [1.82, 2.24) is 0 Å². The Hall–Kier alpha value is -3.40. The lowest BCUT2D eigenvalue weighted by atomic mass is 9.92. The van der Waals surface area contributed by atoms with Crippen LogP contribution in [-0.4, -0.2) is 11.9 Å². The van der Waals surface area contributed by atoms with Gasteiger partial charge in [-0.15, -0.1) is 0 Å². The summed E-state index contributed by atoms with van der Waals surface area (Å²) in [4.78, 5) is 25.2. The molecule has 0 spiro atoms. The van der Waals surface area contributed by atoms with Gasteiger partial charge in [0.1, 0.15) is 6.10 Å². The van der Waals surface area contributed by atoms with Crippen LogP contribution in [0.25, 0.3) is 0 Å². The van der Waals surface area contributed by atoms with Gasteiger partial charge in [0.15, 0.2) is 0 Å². The van der Waals surface area contributed by atoms with Crippen molar-refractivity contribution in [2.24, 2.45) is 0 Å². The third kappa shape index (κ3) is 4.06. The molecule has 1 aliphatic rings. The second-order valence-electron chi connectivity index (χ2n) is 7.71. The number of rotatable bonds is 3. The Morgan fingerprint density at radius 1 is 0.897 bits per heavy atom. The van der Waals surface area contributed by atoms with Gasteiger partial charge in [0, 0.05) is 17.7 Å². The number of amides is 1. The van der Waals surface area contributed by atoms with Crippen LogP contribution < -0.4 is 5.32 Å². The topological polar surface area (TPSA) is 55.4 Å². The molecule has 1 aliphatic heterocycles. The minimum absolute atomic E-state index is 0.191. The molecular weight excluding hydrogens is 362 g/mol. The predicted octanol–water partition coefficient (Wildman–Crippen LogP) is 5.32. The van der Waals surface area contributed by atoms with Gasteiger partial charge in [-0.1, -0.05) is 35.9 Å². The van der Waals surface area contributed by atoms with Crippen LogP contribution in [0.15, 0.2) is 60.7 Å². The molecule has 1 heterocycles. The molecule has 3 aromatic carbocycles. The van der Waals surface area contributed by atoms with Crippen LogP contribution in [0.2, 0.25) is 0 Å². The Labute approximate surface area is 170 Å². The molecule has 0 radical (unpaired) electrons. The van der Waals surface area contributed by atoms with Crippen molar-refractivity contribution in [1.29, 1.82) is 0 Å². The van der Waals surface area contributed by atoms with Gasteiger partial charge in [0.2, 0.25) is 0 Å². The summed E-state index contributed by atoms with van der Waals surface area (Å²) in [6.45, 7) is 6.02. The van der Waals surface area contributed by atoms with E-state index < -0.39 is 0 Å². The van der Waals surface area contributed by atoms with Crippen molar-refractivity contribution in [2.45, 2.75) is 33.3 Å². The minimum atomic E-state index is -0.349. The molecule has 0 bridgehead atoms. The molecule has 1 amide bonds. The van der Waals surface area contributed by atoms with E-state index in [2.05, 4.69) is 11.4 Å². The van der Waals surface area contributed by atoms with Gasteiger partial charge in [-0.25, -0.2) is 4.79 Å². The summed E-state index contributed by atoms with van der Waals surface area (Å²) in [5, 5.41) is 2.95. The molecule has 146 valence electrons. The molecule has 4 rings (SSSR count). The molecule has 3 aromatic rings. The Kier molecular flexibility index (Phi) is 4.93. The number of hydrogen-bond acceptors (Lipinski definition) is 3. The van der Waals surface area contributed by atoms with Gasteiger partial charge >= 0.3 is 5.97 Å². The van der Waals surface area contributed by atoms with Gasteiger partial charge in [-0.05, 0) is 73.4 Å². The number of esters is 1. The summed E-state index contributed by atoms with van der Waals surface area (Å²) < 4.78 is 5.62. The first-order chi connectivity index (χ1) is 13.9. The molecule has 0 saturated carbocycles. The zero-order valence-corrected chi connectivity index (χ0v) is 16.8. The van der Waals surface area contributed by atoms with Gasteiger partial charge in [-0.3, -0.25) is 4.79 Å². The predicted molar refractivity (Wildman–Crippen MR) is 113 cm³/mol. The van der Waals surface area contributed by atoms with Gasteiger partial charge in [0.05, 0.1) is 5.56 Å². The molecular formula is C25H23NO3. The van der Waals surface area contributed by atoms with E-state index in [0.29, 0.717) is 17.5 Å². The number of cyclic esters (lactones) is 1. The quantitative estimate of drug-likeness (QED) is 0.621. The second-order valence-corrected chi connectivity index (χ2v) is 7.71. The SMILES string of the molecule is Cc1ccc(C2Cc3cc(C(=O)Nc4cc(C)cc(C)c4)ccc3C(=O)O2)cc1. The number of nitrogens with one attached hydrogen (secondary N) is 1. The molecule has 29 heavy (non-hydrogen) atoms. The molecule has 1 N–H and O–H groups in total. The maximum absolute atomic E-state index is 12.8. The molecule has 4 nitrogen and oxygen atoms in total. The summed E-state index contributed by atoms with van der Waals surface area (Å²) in [6.07, 6.45) is 0.211. The van der Waals surface area contributed by atoms with E-state index in [1.165, 1.54) is 0 Å². The highest BCUT2D eigenvalue weighted by Gasteiger charge is 2.28. The first-order valence-corrected chi connectivity index (χ1v) is 9.69. The fourth-order valence-electron chi connectivity index (χ4n) is 3.75. The number of carbonyl (C=O) groups excluding carboxylic acids is 2. The zero-order chi connectivity index (χ0) is 20.5. The molecule has 0 fully saturated rings. The van der Waals surface area contributed by atoms with E-state index in [0.717, 1.165) is 33.5 Å². The van der Waals surface area contributed by atoms with Crippen molar-refractivity contribution < 1.29 is 14.3 Å². The number of anilines is 1. The average molecular weight is 385 g/mol. The Morgan fingerprint density at radius 3 is 2.28 bits per heavy atom. The minimum Gasteiger partial charge on any atom is -0.454 e. The van der Waals surface area contributed by atoms with Crippen LogP contribution in [0.1, 0.15) is 54.6 Å². The highest BCUT2D eigenvalue weighted by Crippen LogP contribution is 2.31. The van der Waals surface area contributed by atoms with Gasteiger partial charge in [0.25, 0.3) is 5.91 Å². The lowest BCUT2D eigenvalue weighted by Crippen LogP contribution is -2.23. The monoisotopic (exact) mass is 385 g/mol. The van der Waals surface area contributed by atoms with Crippen LogP contribution in [0.3, 0.4) is 0 Å². The fraction of sp³-hybridized carbons (Fsp3) is 0.200. The highest BCUT2D eigenvalue weighted by atomic mass is 16.5. The average Bonchev–Trinajstić information content (AvgIpc) is 2.67. The maximum atomic E-state index is 12.8. The van der Waals surface area contributed by atoms with Crippen LogP contribution in [0.4, 0.5) is 5.69 Å². The Bertz CT molecular complexity index is 1080. The highest BCUT2D eigenvalue weighted by molar-refractivity contribution is 6.05. The van der Waals surface area contributed by atoms with Crippen molar-refractivity contribution >= 4 is 17.6 Å². The summed E-state index contributed by atoms with van der Waals surface area (Å²) >= 11 is 0. The smallest absolute Gasteiger partial charge is 0.339 e.